The van der Waals surface area contributed by atoms with Crippen LogP contribution in [0.15, 0.2) is 53.7 Å². The Morgan fingerprint density at radius 3 is 2.65 bits per heavy atom. The number of ether oxygens (including phenoxy) is 1. The van der Waals surface area contributed by atoms with Crippen molar-refractivity contribution in [2.75, 3.05) is 0 Å². The molecule has 0 saturated carbocycles. The molecule has 0 spiro atoms. The zero-order valence-corrected chi connectivity index (χ0v) is 11.1. The van der Waals surface area contributed by atoms with Gasteiger partial charge in [-0.05, 0) is 30.7 Å². The number of rotatable bonds is 4. The third-order valence-corrected chi connectivity index (χ3v) is 2.83. The average Bonchev–Trinajstić information content (AvgIpc) is 2.48. The quantitative estimate of drug-likeness (QED) is 0.524. The van der Waals surface area contributed by atoms with E-state index in [4.69, 9.17) is 15.2 Å². The Bertz CT molecular complexity index is 655. The van der Waals surface area contributed by atoms with Gasteiger partial charge in [-0.3, -0.25) is 0 Å². The SMILES string of the molecule is Cc1ccc(OCc2cccc(C(C#N)=NO)c2)cc1. The first kappa shape index (κ1) is 13.6. The van der Waals surface area contributed by atoms with Crippen LogP contribution in [0, 0.1) is 18.3 Å². The van der Waals surface area contributed by atoms with E-state index in [1.54, 1.807) is 18.2 Å². The second-order valence-corrected chi connectivity index (χ2v) is 4.36. The highest BCUT2D eigenvalue weighted by Gasteiger charge is 2.04. The van der Waals surface area contributed by atoms with Gasteiger partial charge in [0.15, 0.2) is 5.71 Å². The molecule has 20 heavy (non-hydrogen) atoms. The van der Waals surface area contributed by atoms with Crippen molar-refractivity contribution >= 4 is 5.71 Å². The summed E-state index contributed by atoms with van der Waals surface area (Å²) in [5, 5.41) is 20.5. The Hall–Kier alpha value is -2.80. The number of nitrogens with zero attached hydrogens (tertiary/aromatic N) is 2. The summed E-state index contributed by atoms with van der Waals surface area (Å²) in [5.41, 5.74) is 2.64. The average molecular weight is 266 g/mol. The van der Waals surface area contributed by atoms with E-state index in [-0.39, 0.29) is 5.71 Å². The summed E-state index contributed by atoms with van der Waals surface area (Å²) in [6, 6.07) is 16.8. The first-order valence-electron chi connectivity index (χ1n) is 6.14. The van der Waals surface area contributed by atoms with Crippen molar-refractivity contribution in [2.24, 2.45) is 5.16 Å². The highest BCUT2D eigenvalue weighted by Crippen LogP contribution is 2.14. The van der Waals surface area contributed by atoms with Crippen LogP contribution in [0.3, 0.4) is 0 Å². The van der Waals surface area contributed by atoms with Crippen molar-refractivity contribution in [1.82, 2.24) is 0 Å². The first-order chi connectivity index (χ1) is 9.72. The molecule has 4 nitrogen and oxygen atoms in total. The number of hydrogen-bond acceptors (Lipinski definition) is 4. The molecule has 0 aliphatic carbocycles. The molecule has 0 atom stereocenters. The van der Waals surface area contributed by atoms with Gasteiger partial charge in [0.05, 0.1) is 0 Å². The molecule has 4 heteroatoms. The van der Waals surface area contributed by atoms with E-state index in [9.17, 15) is 0 Å². The lowest BCUT2D eigenvalue weighted by atomic mass is 10.1. The maximum Gasteiger partial charge on any atom is 0.186 e. The van der Waals surface area contributed by atoms with Crippen LogP contribution in [0.1, 0.15) is 16.7 Å². The van der Waals surface area contributed by atoms with E-state index < -0.39 is 0 Å². The lowest BCUT2D eigenvalue weighted by molar-refractivity contribution is 0.306. The van der Waals surface area contributed by atoms with Gasteiger partial charge in [0.2, 0.25) is 0 Å². The maximum absolute atomic E-state index is 8.83. The molecule has 0 fully saturated rings. The monoisotopic (exact) mass is 266 g/mol. The number of aryl methyl sites for hydroxylation is 1. The summed E-state index contributed by atoms with van der Waals surface area (Å²) in [5.74, 6) is 0.789. The molecular formula is C16H14N2O2. The molecule has 2 rings (SSSR count). The molecule has 0 saturated heterocycles. The third kappa shape index (κ3) is 3.36. The van der Waals surface area contributed by atoms with Crippen LogP contribution >= 0.6 is 0 Å². The zero-order valence-electron chi connectivity index (χ0n) is 11.1. The van der Waals surface area contributed by atoms with Crippen molar-refractivity contribution in [3.63, 3.8) is 0 Å². The molecule has 0 amide bonds. The van der Waals surface area contributed by atoms with Crippen molar-refractivity contribution in [3.05, 3.63) is 65.2 Å². The Balaban J connectivity index is 2.09. The maximum atomic E-state index is 8.83. The van der Waals surface area contributed by atoms with Gasteiger partial charge >= 0.3 is 0 Å². The topological polar surface area (TPSA) is 65.6 Å². The van der Waals surface area contributed by atoms with Gasteiger partial charge in [0, 0.05) is 5.56 Å². The van der Waals surface area contributed by atoms with Gasteiger partial charge in [-0.15, -0.1) is 0 Å². The fraction of sp³-hybridized carbons (Fsp3) is 0.125. The van der Waals surface area contributed by atoms with Crippen molar-refractivity contribution in [3.8, 4) is 11.8 Å². The standard InChI is InChI=1S/C16H14N2O2/c1-12-5-7-15(8-6-12)20-11-13-3-2-4-14(9-13)16(10-17)18-19/h2-9,19H,11H2,1H3. The minimum Gasteiger partial charge on any atom is -0.489 e. The van der Waals surface area contributed by atoms with Gasteiger partial charge in [-0.2, -0.15) is 5.26 Å². The van der Waals surface area contributed by atoms with Gasteiger partial charge < -0.3 is 9.94 Å². The van der Waals surface area contributed by atoms with E-state index in [0.717, 1.165) is 11.3 Å². The van der Waals surface area contributed by atoms with E-state index in [1.165, 1.54) is 5.56 Å². The minimum atomic E-state index is -0.0119. The summed E-state index contributed by atoms with van der Waals surface area (Å²) in [6.45, 7) is 2.41. The van der Waals surface area contributed by atoms with Gasteiger partial charge in [0.25, 0.3) is 0 Å². The molecule has 0 unspecified atom stereocenters. The summed E-state index contributed by atoms with van der Waals surface area (Å²) >= 11 is 0. The van der Waals surface area contributed by atoms with E-state index in [1.807, 2.05) is 43.3 Å². The molecule has 0 heterocycles. The number of nitriles is 1. The highest BCUT2D eigenvalue weighted by molar-refractivity contribution is 6.11. The van der Waals surface area contributed by atoms with Crippen LogP contribution in [0.25, 0.3) is 0 Å². The molecule has 0 radical (unpaired) electrons. The lowest BCUT2D eigenvalue weighted by Gasteiger charge is -2.07. The molecule has 0 aliphatic rings. The van der Waals surface area contributed by atoms with E-state index in [2.05, 4.69) is 5.16 Å². The van der Waals surface area contributed by atoms with Crippen LogP contribution in [-0.2, 0) is 6.61 Å². The van der Waals surface area contributed by atoms with Crippen LogP contribution < -0.4 is 4.74 Å². The zero-order chi connectivity index (χ0) is 14.4. The Morgan fingerprint density at radius 1 is 1.25 bits per heavy atom. The van der Waals surface area contributed by atoms with Gasteiger partial charge in [-0.1, -0.05) is 41.1 Å². The molecule has 0 bridgehead atoms. The smallest absolute Gasteiger partial charge is 0.186 e. The van der Waals surface area contributed by atoms with Crippen molar-refractivity contribution in [2.45, 2.75) is 13.5 Å². The molecule has 2 aromatic carbocycles. The minimum absolute atomic E-state index is 0.0119. The molecule has 0 aliphatic heterocycles. The predicted molar refractivity (Wildman–Crippen MR) is 75.9 cm³/mol. The first-order valence-corrected chi connectivity index (χ1v) is 6.14. The molecule has 2 aromatic rings. The second-order valence-electron chi connectivity index (χ2n) is 4.36. The Labute approximate surface area is 117 Å². The molecule has 100 valence electrons. The third-order valence-electron chi connectivity index (χ3n) is 2.83. The van der Waals surface area contributed by atoms with Crippen LogP contribution in [0.4, 0.5) is 0 Å². The summed E-state index contributed by atoms with van der Waals surface area (Å²) < 4.78 is 5.66. The Morgan fingerprint density at radius 2 is 2.00 bits per heavy atom. The molecule has 1 N–H and O–H groups in total. The fourth-order valence-corrected chi connectivity index (χ4v) is 1.75. The second kappa shape index (κ2) is 6.39. The van der Waals surface area contributed by atoms with Gasteiger partial charge in [-0.25, -0.2) is 0 Å². The van der Waals surface area contributed by atoms with E-state index >= 15 is 0 Å². The highest BCUT2D eigenvalue weighted by atomic mass is 16.5. The number of hydrogen-bond donors (Lipinski definition) is 1. The van der Waals surface area contributed by atoms with Crippen molar-refractivity contribution < 1.29 is 9.94 Å². The summed E-state index contributed by atoms with van der Waals surface area (Å²) in [6.07, 6.45) is 0. The normalized spacial score (nSPS) is 10.9. The van der Waals surface area contributed by atoms with Crippen LogP contribution in [0.5, 0.6) is 5.75 Å². The predicted octanol–water partition coefficient (Wildman–Crippen LogP) is 3.28. The van der Waals surface area contributed by atoms with E-state index in [0.29, 0.717) is 12.2 Å². The Kier molecular flexibility index (Phi) is 4.35. The number of benzene rings is 2. The van der Waals surface area contributed by atoms with Crippen LogP contribution in [-0.4, -0.2) is 10.9 Å². The van der Waals surface area contributed by atoms with Gasteiger partial charge in [0.1, 0.15) is 18.4 Å². The lowest BCUT2D eigenvalue weighted by Crippen LogP contribution is -2.00. The summed E-state index contributed by atoms with van der Waals surface area (Å²) in [4.78, 5) is 0. The number of oxime groups is 1. The molecular weight excluding hydrogens is 252 g/mol. The molecule has 0 aromatic heterocycles. The van der Waals surface area contributed by atoms with Crippen molar-refractivity contribution in [1.29, 1.82) is 5.26 Å². The largest absolute Gasteiger partial charge is 0.489 e. The summed E-state index contributed by atoms with van der Waals surface area (Å²) in [7, 11) is 0. The van der Waals surface area contributed by atoms with Crippen LogP contribution in [0.2, 0.25) is 0 Å². The fourth-order valence-electron chi connectivity index (χ4n) is 1.75.